The molecule has 0 spiro atoms. The van der Waals surface area contributed by atoms with E-state index < -0.39 is 11.6 Å². The molecule has 0 unspecified atom stereocenters. The summed E-state index contributed by atoms with van der Waals surface area (Å²) in [6.45, 7) is 1.98. The van der Waals surface area contributed by atoms with Crippen LogP contribution in [-0.2, 0) is 6.61 Å². The van der Waals surface area contributed by atoms with Crippen LogP contribution in [0.5, 0.6) is 5.75 Å². The number of anilines is 1. The van der Waals surface area contributed by atoms with E-state index in [4.69, 9.17) is 10.5 Å². The summed E-state index contributed by atoms with van der Waals surface area (Å²) in [6, 6.07) is 8.67. The molecule has 0 heterocycles. The number of hydrogen-bond acceptors (Lipinski definition) is 2. The van der Waals surface area contributed by atoms with Crippen LogP contribution >= 0.6 is 0 Å². The molecule has 18 heavy (non-hydrogen) atoms. The van der Waals surface area contributed by atoms with Crippen LogP contribution in [0.4, 0.5) is 14.5 Å². The molecule has 0 saturated carbocycles. The van der Waals surface area contributed by atoms with Gasteiger partial charge in [0.05, 0.1) is 5.69 Å². The molecule has 0 aliphatic heterocycles. The first kappa shape index (κ1) is 12.4. The van der Waals surface area contributed by atoms with E-state index in [0.717, 1.165) is 11.6 Å². The lowest BCUT2D eigenvalue weighted by Crippen LogP contribution is -2.00. The number of ether oxygens (including phenoxy) is 1. The Bertz CT molecular complexity index is 549. The minimum Gasteiger partial charge on any atom is -0.487 e. The highest BCUT2D eigenvalue weighted by Gasteiger charge is 2.04. The molecule has 0 radical (unpaired) electrons. The second-order valence-corrected chi connectivity index (χ2v) is 4.11. The van der Waals surface area contributed by atoms with Crippen molar-refractivity contribution in [2.45, 2.75) is 13.5 Å². The van der Waals surface area contributed by atoms with Gasteiger partial charge in [-0.25, -0.2) is 8.78 Å². The first-order chi connectivity index (χ1) is 8.54. The summed E-state index contributed by atoms with van der Waals surface area (Å²) in [5, 5.41) is 0. The number of aryl methyl sites for hydroxylation is 1. The Hall–Kier alpha value is -2.10. The molecule has 2 aromatic rings. The van der Waals surface area contributed by atoms with E-state index in [0.29, 0.717) is 17.0 Å². The van der Waals surface area contributed by atoms with E-state index in [9.17, 15) is 8.78 Å². The van der Waals surface area contributed by atoms with Gasteiger partial charge in [0.2, 0.25) is 0 Å². The molecular weight excluding hydrogens is 236 g/mol. The number of nitrogen functional groups attached to an aromatic ring is 1. The topological polar surface area (TPSA) is 35.2 Å². The molecule has 4 heteroatoms. The van der Waals surface area contributed by atoms with Crippen molar-refractivity contribution in [2.75, 3.05) is 5.73 Å². The molecule has 0 aliphatic rings. The van der Waals surface area contributed by atoms with Gasteiger partial charge in [0.1, 0.15) is 24.0 Å². The zero-order chi connectivity index (χ0) is 13.1. The maximum Gasteiger partial charge on any atom is 0.142 e. The van der Waals surface area contributed by atoms with Crippen LogP contribution in [0.1, 0.15) is 11.1 Å². The molecule has 94 valence electrons. The number of hydrogen-bond donors (Lipinski definition) is 1. The number of rotatable bonds is 3. The SMILES string of the molecule is Cc1ccc(N)c(OCc2cc(F)cc(F)c2)c1. The monoisotopic (exact) mass is 249 g/mol. The van der Waals surface area contributed by atoms with Crippen molar-refractivity contribution >= 4 is 5.69 Å². The molecule has 0 aromatic heterocycles. The van der Waals surface area contributed by atoms with E-state index in [-0.39, 0.29) is 6.61 Å². The highest BCUT2D eigenvalue weighted by molar-refractivity contribution is 5.53. The van der Waals surface area contributed by atoms with Crippen LogP contribution < -0.4 is 10.5 Å². The predicted molar refractivity (Wildman–Crippen MR) is 66.3 cm³/mol. The van der Waals surface area contributed by atoms with Crippen molar-refractivity contribution in [1.29, 1.82) is 0 Å². The maximum absolute atomic E-state index is 13.0. The Labute approximate surface area is 104 Å². The van der Waals surface area contributed by atoms with Crippen molar-refractivity contribution in [3.8, 4) is 5.75 Å². The van der Waals surface area contributed by atoms with Gasteiger partial charge < -0.3 is 10.5 Å². The second-order valence-electron chi connectivity index (χ2n) is 4.11. The third-order valence-electron chi connectivity index (χ3n) is 2.49. The number of benzene rings is 2. The van der Waals surface area contributed by atoms with Crippen molar-refractivity contribution in [1.82, 2.24) is 0 Å². The Morgan fingerprint density at radius 2 is 1.72 bits per heavy atom. The van der Waals surface area contributed by atoms with Gasteiger partial charge in [-0.15, -0.1) is 0 Å². The van der Waals surface area contributed by atoms with Gasteiger partial charge >= 0.3 is 0 Å². The summed E-state index contributed by atoms with van der Waals surface area (Å²) in [6.07, 6.45) is 0. The summed E-state index contributed by atoms with van der Waals surface area (Å²) in [4.78, 5) is 0. The Morgan fingerprint density at radius 3 is 2.39 bits per heavy atom. The van der Waals surface area contributed by atoms with E-state index in [2.05, 4.69) is 0 Å². The zero-order valence-electron chi connectivity index (χ0n) is 9.91. The van der Waals surface area contributed by atoms with Crippen molar-refractivity contribution in [2.24, 2.45) is 0 Å². The Balaban J connectivity index is 2.13. The minimum absolute atomic E-state index is 0.0718. The fourth-order valence-electron chi connectivity index (χ4n) is 1.62. The molecule has 0 atom stereocenters. The van der Waals surface area contributed by atoms with E-state index >= 15 is 0 Å². The molecule has 0 bridgehead atoms. The molecule has 0 fully saturated rings. The smallest absolute Gasteiger partial charge is 0.142 e. The first-order valence-corrected chi connectivity index (χ1v) is 5.48. The fraction of sp³-hybridized carbons (Fsp3) is 0.143. The quantitative estimate of drug-likeness (QED) is 0.846. The van der Waals surface area contributed by atoms with Gasteiger partial charge in [0, 0.05) is 6.07 Å². The van der Waals surface area contributed by atoms with Crippen LogP contribution in [0.15, 0.2) is 36.4 Å². The first-order valence-electron chi connectivity index (χ1n) is 5.48. The molecule has 2 N–H and O–H groups in total. The van der Waals surface area contributed by atoms with Crippen molar-refractivity contribution in [3.63, 3.8) is 0 Å². The van der Waals surface area contributed by atoms with Gasteiger partial charge in [0.15, 0.2) is 0 Å². The van der Waals surface area contributed by atoms with Crippen molar-refractivity contribution < 1.29 is 13.5 Å². The van der Waals surface area contributed by atoms with Crippen LogP contribution in [0.2, 0.25) is 0 Å². The van der Waals surface area contributed by atoms with Gasteiger partial charge in [-0.3, -0.25) is 0 Å². The largest absolute Gasteiger partial charge is 0.487 e. The fourth-order valence-corrected chi connectivity index (χ4v) is 1.62. The van der Waals surface area contributed by atoms with Crippen LogP contribution in [0.3, 0.4) is 0 Å². The summed E-state index contributed by atoms with van der Waals surface area (Å²) in [7, 11) is 0. The van der Waals surface area contributed by atoms with E-state index in [1.54, 1.807) is 12.1 Å². The highest BCUT2D eigenvalue weighted by atomic mass is 19.1. The standard InChI is InChI=1S/C14H13F2NO/c1-9-2-3-13(17)14(4-9)18-8-10-5-11(15)7-12(16)6-10/h2-7H,8,17H2,1H3. The lowest BCUT2D eigenvalue weighted by atomic mass is 10.2. The molecule has 0 amide bonds. The second kappa shape index (κ2) is 5.04. The van der Waals surface area contributed by atoms with Gasteiger partial charge in [-0.05, 0) is 42.3 Å². The average Bonchev–Trinajstić information content (AvgIpc) is 2.29. The lowest BCUT2D eigenvalue weighted by Gasteiger charge is -2.10. The third-order valence-corrected chi connectivity index (χ3v) is 2.49. The molecule has 2 aromatic carbocycles. The Kier molecular flexibility index (Phi) is 3.46. The van der Waals surface area contributed by atoms with Gasteiger partial charge in [0.25, 0.3) is 0 Å². The maximum atomic E-state index is 13.0. The minimum atomic E-state index is -0.620. The molecule has 0 saturated heterocycles. The highest BCUT2D eigenvalue weighted by Crippen LogP contribution is 2.23. The summed E-state index contributed by atoms with van der Waals surface area (Å²) < 4.78 is 31.4. The lowest BCUT2D eigenvalue weighted by molar-refractivity contribution is 0.306. The number of halogens is 2. The summed E-state index contributed by atoms with van der Waals surface area (Å²) >= 11 is 0. The van der Waals surface area contributed by atoms with Crippen LogP contribution in [-0.4, -0.2) is 0 Å². The normalized spacial score (nSPS) is 10.4. The molecular formula is C14H13F2NO. The van der Waals surface area contributed by atoms with Gasteiger partial charge in [-0.1, -0.05) is 6.07 Å². The number of nitrogens with two attached hydrogens (primary N) is 1. The van der Waals surface area contributed by atoms with E-state index in [1.807, 2.05) is 13.0 Å². The molecule has 0 aliphatic carbocycles. The third kappa shape index (κ3) is 2.97. The van der Waals surface area contributed by atoms with Crippen molar-refractivity contribution in [3.05, 3.63) is 59.2 Å². The predicted octanol–water partition coefficient (Wildman–Crippen LogP) is 3.43. The van der Waals surface area contributed by atoms with Crippen LogP contribution in [0.25, 0.3) is 0 Å². The summed E-state index contributed by atoms with van der Waals surface area (Å²) in [5.74, 6) is -0.726. The molecule has 2 rings (SSSR count). The summed E-state index contributed by atoms with van der Waals surface area (Å²) in [5.41, 5.74) is 7.67. The van der Waals surface area contributed by atoms with Crippen LogP contribution in [0, 0.1) is 18.6 Å². The average molecular weight is 249 g/mol. The molecule has 2 nitrogen and oxygen atoms in total. The van der Waals surface area contributed by atoms with E-state index in [1.165, 1.54) is 12.1 Å². The van der Waals surface area contributed by atoms with Gasteiger partial charge in [-0.2, -0.15) is 0 Å². The zero-order valence-corrected chi connectivity index (χ0v) is 9.91. The Morgan fingerprint density at radius 1 is 1.06 bits per heavy atom.